The first kappa shape index (κ1) is 6.61. The molecule has 0 aliphatic carbocycles. The SMILES string of the molecule is O=c1cc(C2CCN2)cc[nH]1. The molecule has 58 valence electrons. The van der Waals surface area contributed by atoms with Crippen LogP contribution in [0.4, 0.5) is 0 Å². The number of pyridine rings is 1. The Morgan fingerprint density at radius 2 is 2.36 bits per heavy atom. The van der Waals surface area contributed by atoms with Crippen LogP contribution in [0.15, 0.2) is 23.1 Å². The van der Waals surface area contributed by atoms with Crippen LogP contribution in [0, 0.1) is 0 Å². The zero-order valence-electron chi connectivity index (χ0n) is 6.13. The molecule has 1 aromatic heterocycles. The first-order valence-electron chi connectivity index (χ1n) is 3.78. The quantitative estimate of drug-likeness (QED) is 0.609. The molecule has 0 spiro atoms. The largest absolute Gasteiger partial charge is 0.329 e. The molecule has 1 aliphatic heterocycles. The van der Waals surface area contributed by atoms with Gasteiger partial charge in [0.15, 0.2) is 0 Å². The molecule has 1 fully saturated rings. The summed E-state index contributed by atoms with van der Waals surface area (Å²) in [4.78, 5) is 13.4. The number of aromatic amines is 1. The van der Waals surface area contributed by atoms with Crippen molar-refractivity contribution in [1.29, 1.82) is 0 Å². The highest BCUT2D eigenvalue weighted by molar-refractivity contribution is 5.17. The minimum atomic E-state index is -0.0174. The predicted molar refractivity (Wildman–Crippen MR) is 42.4 cm³/mol. The van der Waals surface area contributed by atoms with Crippen LogP contribution in [-0.2, 0) is 0 Å². The van der Waals surface area contributed by atoms with Gasteiger partial charge in [-0.2, -0.15) is 0 Å². The van der Waals surface area contributed by atoms with E-state index in [-0.39, 0.29) is 5.56 Å². The average Bonchev–Trinajstić information content (AvgIpc) is 1.83. The van der Waals surface area contributed by atoms with Crippen molar-refractivity contribution in [3.63, 3.8) is 0 Å². The minimum Gasteiger partial charge on any atom is -0.329 e. The van der Waals surface area contributed by atoms with Crippen molar-refractivity contribution in [2.75, 3.05) is 6.54 Å². The lowest BCUT2D eigenvalue weighted by molar-refractivity contribution is 0.383. The summed E-state index contributed by atoms with van der Waals surface area (Å²) in [5.41, 5.74) is 1.08. The van der Waals surface area contributed by atoms with Crippen molar-refractivity contribution >= 4 is 0 Å². The highest BCUT2D eigenvalue weighted by atomic mass is 16.1. The third-order valence-electron chi connectivity index (χ3n) is 2.03. The van der Waals surface area contributed by atoms with Gasteiger partial charge in [-0.1, -0.05) is 0 Å². The normalized spacial score (nSPS) is 22.7. The number of hydrogen-bond acceptors (Lipinski definition) is 2. The molecule has 3 heteroatoms. The van der Waals surface area contributed by atoms with Crippen LogP contribution in [0.1, 0.15) is 18.0 Å². The van der Waals surface area contributed by atoms with E-state index in [0.29, 0.717) is 6.04 Å². The van der Waals surface area contributed by atoms with E-state index in [9.17, 15) is 4.79 Å². The van der Waals surface area contributed by atoms with E-state index in [1.165, 1.54) is 0 Å². The van der Waals surface area contributed by atoms with Crippen LogP contribution in [0.5, 0.6) is 0 Å². The van der Waals surface area contributed by atoms with Crippen molar-refractivity contribution in [3.05, 3.63) is 34.2 Å². The van der Waals surface area contributed by atoms with Gasteiger partial charge in [0.25, 0.3) is 0 Å². The molecule has 1 unspecified atom stereocenters. The van der Waals surface area contributed by atoms with E-state index >= 15 is 0 Å². The molecule has 2 heterocycles. The smallest absolute Gasteiger partial charge is 0.248 e. The van der Waals surface area contributed by atoms with E-state index in [1.54, 1.807) is 12.3 Å². The molecule has 0 aromatic carbocycles. The molecule has 1 aromatic rings. The van der Waals surface area contributed by atoms with Gasteiger partial charge in [0.1, 0.15) is 0 Å². The Morgan fingerprint density at radius 3 is 2.91 bits per heavy atom. The highest BCUT2D eigenvalue weighted by Crippen LogP contribution is 2.20. The van der Waals surface area contributed by atoms with Crippen molar-refractivity contribution in [2.24, 2.45) is 0 Å². The van der Waals surface area contributed by atoms with Gasteiger partial charge in [0.05, 0.1) is 0 Å². The number of rotatable bonds is 1. The molecule has 0 saturated carbocycles. The molecule has 2 N–H and O–H groups in total. The van der Waals surface area contributed by atoms with Gasteiger partial charge in [-0.15, -0.1) is 0 Å². The molecule has 11 heavy (non-hydrogen) atoms. The van der Waals surface area contributed by atoms with Crippen molar-refractivity contribution in [1.82, 2.24) is 10.3 Å². The maximum atomic E-state index is 10.9. The molecule has 1 atom stereocenters. The first-order valence-corrected chi connectivity index (χ1v) is 3.78. The van der Waals surface area contributed by atoms with Crippen molar-refractivity contribution in [2.45, 2.75) is 12.5 Å². The average molecular weight is 150 g/mol. The van der Waals surface area contributed by atoms with Gasteiger partial charge >= 0.3 is 0 Å². The summed E-state index contributed by atoms with van der Waals surface area (Å²) in [6.45, 7) is 1.07. The Bertz CT molecular complexity index is 301. The van der Waals surface area contributed by atoms with Crippen LogP contribution < -0.4 is 10.9 Å². The molecule has 3 nitrogen and oxygen atoms in total. The van der Waals surface area contributed by atoms with E-state index in [0.717, 1.165) is 18.5 Å². The van der Waals surface area contributed by atoms with Gasteiger partial charge in [0, 0.05) is 18.3 Å². The fraction of sp³-hybridized carbons (Fsp3) is 0.375. The van der Waals surface area contributed by atoms with E-state index in [2.05, 4.69) is 10.3 Å². The highest BCUT2D eigenvalue weighted by Gasteiger charge is 2.17. The molecule has 0 amide bonds. The van der Waals surface area contributed by atoms with Crippen LogP contribution in [0.25, 0.3) is 0 Å². The monoisotopic (exact) mass is 150 g/mol. The minimum absolute atomic E-state index is 0.0174. The van der Waals surface area contributed by atoms with Gasteiger partial charge in [-0.3, -0.25) is 4.79 Å². The fourth-order valence-electron chi connectivity index (χ4n) is 1.25. The van der Waals surface area contributed by atoms with Gasteiger partial charge < -0.3 is 10.3 Å². The lowest BCUT2D eigenvalue weighted by Crippen LogP contribution is -2.35. The zero-order chi connectivity index (χ0) is 7.68. The van der Waals surface area contributed by atoms with Gasteiger partial charge in [0.2, 0.25) is 5.56 Å². The van der Waals surface area contributed by atoms with E-state index < -0.39 is 0 Å². The van der Waals surface area contributed by atoms with Gasteiger partial charge in [-0.05, 0) is 24.6 Å². The topological polar surface area (TPSA) is 44.9 Å². The number of nitrogens with one attached hydrogen (secondary N) is 2. The lowest BCUT2D eigenvalue weighted by Gasteiger charge is -2.27. The Morgan fingerprint density at radius 1 is 1.55 bits per heavy atom. The summed E-state index contributed by atoms with van der Waals surface area (Å²) in [6.07, 6.45) is 2.83. The Labute approximate surface area is 64.5 Å². The molecular formula is C8H10N2O. The maximum absolute atomic E-state index is 10.9. The summed E-state index contributed by atoms with van der Waals surface area (Å²) in [6, 6.07) is 4.01. The standard InChI is InChI=1S/C8H10N2O/c11-8-5-6(1-3-10-8)7-2-4-9-7/h1,3,5,7,9H,2,4H2,(H,10,11). The molecule has 0 bridgehead atoms. The maximum Gasteiger partial charge on any atom is 0.248 e. The van der Waals surface area contributed by atoms with Crippen LogP contribution >= 0.6 is 0 Å². The molecule has 1 aliphatic rings. The third kappa shape index (κ3) is 1.19. The van der Waals surface area contributed by atoms with Crippen LogP contribution in [0.2, 0.25) is 0 Å². The van der Waals surface area contributed by atoms with E-state index in [1.807, 2.05) is 6.07 Å². The van der Waals surface area contributed by atoms with Gasteiger partial charge in [-0.25, -0.2) is 0 Å². The van der Waals surface area contributed by atoms with Crippen molar-refractivity contribution < 1.29 is 0 Å². The zero-order valence-corrected chi connectivity index (χ0v) is 6.13. The second kappa shape index (κ2) is 2.51. The lowest BCUT2D eigenvalue weighted by atomic mass is 9.99. The summed E-state index contributed by atoms with van der Waals surface area (Å²) in [5.74, 6) is 0. The predicted octanol–water partition coefficient (Wildman–Crippen LogP) is 0.409. The van der Waals surface area contributed by atoms with Crippen LogP contribution in [0.3, 0.4) is 0 Å². The van der Waals surface area contributed by atoms with E-state index in [4.69, 9.17) is 0 Å². The third-order valence-corrected chi connectivity index (χ3v) is 2.03. The Hall–Kier alpha value is -1.09. The second-order valence-corrected chi connectivity index (χ2v) is 2.78. The van der Waals surface area contributed by atoms with Crippen molar-refractivity contribution in [3.8, 4) is 0 Å². The molecular weight excluding hydrogens is 140 g/mol. The molecule has 1 saturated heterocycles. The van der Waals surface area contributed by atoms with Crippen LogP contribution in [-0.4, -0.2) is 11.5 Å². The Kier molecular flexibility index (Phi) is 1.51. The molecule has 2 rings (SSSR count). The number of aromatic nitrogens is 1. The fourth-order valence-corrected chi connectivity index (χ4v) is 1.25. The molecule has 0 radical (unpaired) electrons. The summed E-state index contributed by atoms with van der Waals surface area (Å²) in [7, 11) is 0. The number of hydrogen-bond donors (Lipinski definition) is 2. The first-order chi connectivity index (χ1) is 5.36. The summed E-state index contributed by atoms with van der Waals surface area (Å²) in [5, 5.41) is 3.24. The number of H-pyrrole nitrogens is 1. The summed E-state index contributed by atoms with van der Waals surface area (Å²) >= 11 is 0. The second-order valence-electron chi connectivity index (χ2n) is 2.78. The summed E-state index contributed by atoms with van der Waals surface area (Å²) < 4.78 is 0. The Balaban J connectivity index is 2.30.